The normalized spacial score (nSPS) is 16.6. The molecule has 2 amide bonds. The molecular weight excluding hydrogens is 276 g/mol. The van der Waals surface area contributed by atoms with E-state index in [1.165, 1.54) is 5.56 Å². The summed E-state index contributed by atoms with van der Waals surface area (Å²) in [5, 5.41) is 5.64. The molecule has 1 atom stereocenters. The number of amides is 2. The Balaban J connectivity index is 1.76. The molecule has 0 saturated heterocycles. The van der Waals surface area contributed by atoms with Gasteiger partial charge in [-0.2, -0.15) is 0 Å². The smallest absolute Gasteiger partial charge is 0.252 e. The molecule has 0 bridgehead atoms. The average Bonchev–Trinajstić information content (AvgIpc) is 2.51. The minimum absolute atomic E-state index is 0.189. The number of aryl methyl sites for hydroxylation is 2. The van der Waals surface area contributed by atoms with Crippen LogP contribution in [-0.4, -0.2) is 17.9 Å². The summed E-state index contributed by atoms with van der Waals surface area (Å²) in [7, 11) is 0. The van der Waals surface area contributed by atoms with Crippen molar-refractivity contribution in [2.24, 2.45) is 0 Å². The molecule has 1 heterocycles. The number of hydrogen-bond acceptors (Lipinski definition) is 2. The third-order valence-corrected chi connectivity index (χ3v) is 4.08. The van der Waals surface area contributed by atoms with Crippen LogP contribution in [0.5, 0.6) is 0 Å². The highest BCUT2D eigenvalue weighted by molar-refractivity contribution is 6.03. The zero-order valence-corrected chi connectivity index (χ0v) is 12.6. The van der Waals surface area contributed by atoms with Crippen LogP contribution in [0.2, 0.25) is 0 Å². The Labute approximate surface area is 129 Å². The van der Waals surface area contributed by atoms with Gasteiger partial charge in [-0.3, -0.25) is 9.59 Å². The zero-order chi connectivity index (χ0) is 15.7. The molecule has 0 aromatic heterocycles. The van der Waals surface area contributed by atoms with Gasteiger partial charge in [0.05, 0.1) is 0 Å². The lowest BCUT2D eigenvalue weighted by Crippen LogP contribution is -2.48. The average molecular weight is 294 g/mol. The van der Waals surface area contributed by atoms with E-state index in [-0.39, 0.29) is 11.8 Å². The van der Waals surface area contributed by atoms with E-state index in [0.29, 0.717) is 12.0 Å². The minimum Gasteiger partial charge on any atom is -0.340 e. The van der Waals surface area contributed by atoms with Crippen LogP contribution >= 0.6 is 0 Å². The molecule has 22 heavy (non-hydrogen) atoms. The molecule has 0 radical (unpaired) electrons. The Morgan fingerprint density at radius 2 is 1.91 bits per heavy atom. The molecule has 3 rings (SSSR count). The third kappa shape index (κ3) is 2.72. The van der Waals surface area contributed by atoms with Crippen molar-refractivity contribution in [3.8, 4) is 0 Å². The molecule has 112 valence electrons. The van der Waals surface area contributed by atoms with Crippen LogP contribution < -0.4 is 10.6 Å². The van der Waals surface area contributed by atoms with Gasteiger partial charge in [-0.25, -0.2) is 0 Å². The van der Waals surface area contributed by atoms with Crippen molar-refractivity contribution in [2.75, 3.05) is 5.32 Å². The number of carbonyl (C=O) groups is 2. The van der Waals surface area contributed by atoms with Gasteiger partial charge in [0.25, 0.3) is 5.91 Å². The second kappa shape index (κ2) is 5.64. The van der Waals surface area contributed by atoms with E-state index < -0.39 is 6.04 Å². The summed E-state index contributed by atoms with van der Waals surface area (Å²) in [6.07, 6.45) is 0.512. The maximum Gasteiger partial charge on any atom is 0.252 e. The first-order chi connectivity index (χ1) is 10.5. The first-order valence-corrected chi connectivity index (χ1v) is 7.31. The molecule has 1 aliphatic heterocycles. The van der Waals surface area contributed by atoms with Crippen LogP contribution in [0.3, 0.4) is 0 Å². The zero-order valence-electron chi connectivity index (χ0n) is 12.6. The summed E-state index contributed by atoms with van der Waals surface area (Å²) in [5.41, 5.74) is 4.61. The molecule has 0 fully saturated rings. The largest absolute Gasteiger partial charge is 0.340 e. The van der Waals surface area contributed by atoms with Gasteiger partial charge >= 0.3 is 0 Å². The van der Waals surface area contributed by atoms with E-state index in [9.17, 15) is 9.59 Å². The Morgan fingerprint density at radius 3 is 2.68 bits per heavy atom. The molecule has 4 heteroatoms. The van der Waals surface area contributed by atoms with Crippen molar-refractivity contribution >= 4 is 17.5 Å². The van der Waals surface area contributed by atoms with Crippen molar-refractivity contribution in [2.45, 2.75) is 26.3 Å². The van der Waals surface area contributed by atoms with E-state index in [1.54, 1.807) is 6.07 Å². The number of anilines is 1. The second-order valence-electron chi connectivity index (χ2n) is 5.68. The summed E-state index contributed by atoms with van der Waals surface area (Å²) in [6, 6.07) is 12.6. The number of fused-ring (bicyclic) bond motifs is 1. The van der Waals surface area contributed by atoms with Gasteiger partial charge in [0, 0.05) is 17.7 Å². The molecule has 2 N–H and O–H groups in total. The van der Waals surface area contributed by atoms with Crippen molar-refractivity contribution in [3.05, 3.63) is 64.7 Å². The van der Waals surface area contributed by atoms with Crippen molar-refractivity contribution in [1.29, 1.82) is 0 Å². The van der Waals surface area contributed by atoms with Gasteiger partial charge in [0.15, 0.2) is 0 Å². The topological polar surface area (TPSA) is 58.2 Å². The first-order valence-electron chi connectivity index (χ1n) is 7.31. The lowest BCUT2D eigenvalue weighted by atomic mass is 9.95. The van der Waals surface area contributed by atoms with Gasteiger partial charge in [-0.1, -0.05) is 24.3 Å². The number of carbonyl (C=O) groups excluding carboxylic acids is 2. The maximum absolute atomic E-state index is 12.4. The minimum atomic E-state index is -0.538. The third-order valence-electron chi connectivity index (χ3n) is 4.08. The fraction of sp³-hybridized carbons (Fsp3) is 0.222. The molecule has 0 aliphatic carbocycles. The van der Waals surface area contributed by atoms with Crippen LogP contribution in [0.4, 0.5) is 5.69 Å². The van der Waals surface area contributed by atoms with Gasteiger partial charge < -0.3 is 10.6 Å². The highest BCUT2D eigenvalue weighted by atomic mass is 16.2. The summed E-state index contributed by atoms with van der Waals surface area (Å²) in [5.74, 6) is -0.381. The molecule has 1 aliphatic rings. The highest BCUT2D eigenvalue weighted by Crippen LogP contribution is 2.18. The van der Waals surface area contributed by atoms with E-state index in [2.05, 4.69) is 10.6 Å². The van der Waals surface area contributed by atoms with Crippen LogP contribution in [0.1, 0.15) is 27.0 Å². The molecule has 0 spiro atoms. The second-order valence-corrected chi connectivity index (χ2v) is 5.68. The van der Waals surface area contributed by atoms with E-state index in [4.69, 9.17) is 0 Å². The van der Waals surface area contributed by atoms with Gasteiger partial charge in [-0.05, 0) is 48.7 Å². The molecule has 0 saturated carbocycles. The summed E-state index contributed by atoms with van der Waals surface area (Å²) in [6.45, 7) is 4.03. The van der Waals surface area contributed by atoms with Crippen molar-refractivity contribution < 1.29 is 9.59 Å². The quantitative estimate of drug-likeness (QED) is 0.894. The number of hydrogen-bond donors (Lipinski definition) is 2. The summed E-state index contributed by atoms with van der Waals surface area (Å²) >= 11 is 0. The van der Waals surface area contributed by atoms with Crippen molar-refractivity contribution in [3.63, 3.8) is 0 Å². The fourth-order valence-corrected chi connectivity index (χ4v) is 2.63. The lowest BCUT2D eigenvalue weighted by Gasteiger charge is -2.24. The Kier molecular flexibility index (Phi) is 3.67. The first kappa shape index (κ1) is 14.3. The fourth-order valence-electron chi connectivity index (χ4n) is 2.63. The summed E-state index contributed by atoms with van der Waals surface area (Å²) < 4.78 is 0. The Morgan fingerprint density at radius 1 is 1.14 bits per heavy atom. The molecular formula is C18H18N2O2. The predicted molar refractivity (Wildman–Crippen MR) is 85.9 cm³/mol. The number of rotatable bonds is 2. The molecule has 1 unspecified atom stereocenters. The van der Waals surface area contributed by atoms with E-state index in [1.807, 2.05) is 50.2 Å². The monoisotopic (exact) mass is 294 g/mol. The van der Waals surface area contributed by atoms with Gasteiger partial charge in [0.2, 0.25) is 5.91 Å². The number of benzene rings is 2. The summed E-state index contributed by atoms with van der Waals surface area (Å²) in [4.78, 5) is 24.5. The Bertz CT molecular complexity index is 753. The highest BCUT2D eigenvalue weighted by Gasteiger charge is 2.28. The van der Waals surface area contributed by atoms with Crippen LogP contribution in [0, 0.1) is 13.8 Å². The lowest BCUT2D eigenvalue weighted by molar-refractivity contribution is -0.118. The van der Waals surface area contributed by atoms with Crippen LogP contribution in [0.25, 0.3) is 0 Å². The molecule has 4 nitrogen and oxygen atoms in total. The SMILES string of the molecule is Cc1ccc(NC(=O)C2Cc3ccccc3C(=O)N2)cc1C. The van der Waals surface area contributed by atoms with Crippen molar-refractivity contribution in [1.82, 2.24) is 5.32 Å². The predicted octanol–water partition coefficient (Wildman–Crippen LogP) is 2.60. The van der Waals surface area contributed by atoms with E-state index in [0.717, 1.165) is 16.8 Å². The maximum atomic E-state index is 12.4. The van der Waals surface area contributed by atoms with Gasteiger partial charge in [0.1, 0.15) is 6.04 Å². The van der Waals surface area contributed by atoms with Crippen LogP contribution in [-0.2, 0) is 11.2 Å². The standard InChI is InChI=1S/C18H18N2O2/c1-11-7-8-14(9-12(11)2)19-18(22)16-10-13-5-3-4-6-15(13)17(21)20-16/h3-9,16H,10H2,1-2H3,(H,19,22)(H,20,21). The molecule has 2 aromatic carbocycles. The Hall–Kier alpha value is -2.62. The molecule has 2 aromatic rings. The van der Waals surface area contributed by atoms with E-state index >= 15 is 0 Å². The number of nitrogens with one attached hydrogen (secondary N) is 2. The van der Waals surface area contributed by atoms with Gasteiger partial charge in [-0.15, -0.1) is 0 Å². The van der Waals surface area contributed by atoms with Crippen LogP contribution in [0.15, 0.2) is 42.5 Å².